The molecule has 0 aliphatic heterocycles. The van der Waals surface area contributed by atoms with Crippen molar-refractivity contribution in [3.05, 3.63) is 83.9 Å². The lowest BCUT2D eigenvalue weighted by molar-refractivity contribution is -0.384. The highest BCUT2D eigenvalue weighted by atomic mass is 35.5. The minimum Gasteiger partial charge on any atom is -0.467 e. The number of carbonyl (C=O) groups excluding carboxylic acids is 1. The smallest absolute Gasteiger partial charge is 0.330 e. The number of furan rings is 1. The molecule has 0 aliphatic rings. The van der Waals surface area contributed by atoms with E-state index in [-0.39, 0.29) is 40.9 Å². The predicted molar refractivity (Wildman–Crippen MR) is 118 cm³/mol. The summed E-state index contributed by atoms with van der Waals surface area (Å²) in [7, 11) is 0. The highest BCUT2D eigenvalue weighted by Gasteiger charge is 2.28. The Hall–Kier alpha value is -3.86. The Labute approximate surface area is 186 Å². The van der Waals surface area contributed by atoms with E-state index in [0.717, 1.165) is 23.5 Å². The van der Waals surface area contributed by atoms with Gasteiger partial charge in [0.25, 0.3) is 17.2 Å². The molecule has 0 radical (unpaired) electrons. The van der Waals surface area contributed by atoms with Crippen LogP contribution in [0.1, 0.15) is 35.9 Å². The zero-order valence-corrected chi connectivity index (χ0v) is 17.8. The third kappa shape index (κ3) is 4.57. The quantitative estimate of drug-likeness (QED) is 0.385. The number of benzene rings is 1. The van der Waals surface area contributed by atoms with Crippen LogP contribution in [0.2, 0.25) is 5.02 Å². The summed E-state index contributed by atoms with van der Waals surface area (Å²) in [4.78, 5) is 52.0. The van der Waals surface area contributed by atoms with Crippen LogP contribution in [0.3, 0.4) is 0 Å². The van der Waals surface area contributed by atoms with Crippen LogP contribution in [-0.2, 0) is 13.1 Å². The Morgan fingerprint density at radius 3 is 2.69 bits per heavy atom. The third-order valence-corrected chi connectivity index (χ3v) is 5.07. The topological polar surface area (TPSA) is 157 Å². The predicted octanol–water partition coefficient (Wildman–Crippen LogP) is 2.92. The van der Waals surface area contributed by atoms with E-state index in [1.54, 1.807) is 12.1 Å². The number of nitrogens with zero attached hydrogens (tertiary/aromatic N) is 3. The van der Waals surface area contributed by atoms with Crippen LogP contribution in [-0.4, -0.2) is 20.4 Å². The maximum atomic E-state index is 13.4. The number of aromatic amines is 1. The Bertz CT molecular complexity index is 1260. The number of H-pyrrole nitrogens is 1. The van der Waals surface area contributed by atoms with Crippen LogP contribution >= 0.6 is 11.6 Å². The second kappa shape index (κ2) is 9.52. The highest BCUT2D eigenvalue weighted by Crippen LogP contribution is 2.27. The number of nitrogens with two attached hydrogens (primary N) is 1. The number of nitro groups is 1. The fourth-order valence-corrected chi connectivity index (χ4v) is 3.38. The van der Waals surface area contributed by atoms with E-state index in [2.05, 4.69) is 4.98 Å². The van der Waals surface area contributed by atoms with E-state index < -0.39 is 22.1 Å². The number of carbonyl (C=O) groups is 1. The van der Waals surface area contributed by atoms with E-state index in [4.69, 9.17) is 21.8 Å². The third-order valence-electron chi connectivity index (χ3n) is 4.75. The van der Waals surface area contributed by atoms with Crippen LogP contribution in [0.5, 0.6) is 0 Å². The van der Waals surface area contributed by atoms with Crippen LogP contribution in [0, 0.1) is 10.1 Å². The van der Waals surface area contributed by atoms with Crippen LogP contribution in [0.15, 0.2) is 50.6 Å². The number of nitro benzene ring substituents is 1. The molecule has 0 aliphatic carbocycles. The van der Waals surface area contributed by atoms with Crippen molar-refractivity contribution in [3.8, 4) is 0 Å². The molecule has 168 valence electrons. The normalized spacial score (nSPS) is 10.8. The maximum Gasteiger partial charge on any atom is 0.330 e. The number of amides is 1. The molecule has 3 N–H and O–H groups in total. The van der Waals surface area contributed by atoms with E-state index in [1.807, 2.05) is 6.92 Å². The summed E-state index contributed by atoms with van der Waals surface area (Å²) in [6.45, 7) is 1.97. The van der Waals surface area contributed by atoms with Crippen LogP contribution in [0.4, 0.5) is 17.2 Å². The molecule has 11 nitrogen and oxygen atoms in total. The van der Waals surface area contributed by atoms with Gasteiger partial charge in [0.1, 0.15) is 11.6 Å². The minimum atomic E-state index is -0.863. The number of non-ortho nitro benzene ring substituents is 1. The number of unbranched alkanes of at least 4 members (excludes halogenated alkanes) is 1. The molecule has 2 aromatic heterocycles. The maximum absolute atomic E-state index is 13.4. The van der Waals surface area contributed by atoms with E-state index in [9.17, 15) is 24.5 Å². The van der Waals surface area contributed by atoms with Gasteiger partial charge in [0.05, 0.1) is 28.3 Å². The molecule has 0 unspecified atom stereocenters. The molecular formula is C20H20ClN5O6. The molecule has 0 atom stereocenters. The fourth-order valence-electron chi connectivity index (χ4n) is 3.12. The molecule has 1 amide bonds. The summed E-state index contributed by atoms with van der Waals surface area (Å²) < 4.78 is 6.49. The molecule has 0 bridgehead atoms. The van der Waals surface area contributed by atoms with Crippen molar-refractivity contribution >= 4 is 34.7 Å². The van der Waals surface area contributed by atoms with Gasteiger partial charge in [-0.1, -0.05) is 24.9 Å². The number of anilines is 2. The Balaban J connectivity index is 2.16. The number of aromatic nitrogens is 2. The van der Waals surface area contributed by atoms with Gasteiger partial charge >= 0.3 is 5.69 Å². The van der Waals surface area contributed by atoms with Gasteiger partial charge in [-0.3, -0.25) is 34.2 Å². The number of hydrogen-bond donors (Lipinski definition) is 2. The van der Waals surface area contributed by atoms with Gasteiger partial charge in [0.15, 0.2) is 5.69 Å². The molecule has 1 aromatic carbocycles. The number of rotatable bonds is 8. The van der Waals surface area contributed by atoms with Crippen molar-refractivity contribution in [1.29, 1.82) is 0 Å². The first-order valence-electron chi connectivity index (χ1n) is 9.65. The molecule has 3 aromatic rings. The first-order valence-corrected chi connectivity index (χ1v) is 10.0. The first kappa shape index (κ1) is 22.8. The largest absolute Gasteiger partial charge is 0.467 e. The highest BCUT2D eigenvalue weighted by molar-refractivity contribution is 6.34. The second-order valence-corrected chi connectivity index (χ2v) is 7.30. The lowest BCUT2D eigenvalue weighted by atomic mass is 10.1. The van der Waals surface area contributed by atoms with Crippen LogP contribution in [0.25, 0.3) is 0 Å². The van der Waals surface area contributed by atoms with Gasteiger partial charge < -0.3 is 10.2 Å². The van der Waals surface area contributed by atoms with Crippen molar-refractivity contribution in [3.63, 3.8) is 0 Å². The van der Waals surface area contributed by atoms with Crippen molar-refractivity contribution in [2.75, 3.05) is 10.6 Å². The molecule has 0 spiro atoms. The standard InChI is InChI=1S/C20H20ClN5O6/c1-2-3-8-24-17(22)16(18(27)23-20(24)29)25(11-13-5-4-9-32-13)19(28)14-7-6-12(26(30)31)10-15(14)21/h4-7,9-10H,2-3,8,11,22H2,1H3,(H,23,27,29). The van der Waals surface area contributed by atoms with Crippen LogP contribution < -0.4 is 21.9 Å². The molecule has 0 saturated heterocycles. The Kier molecular flexibility index (Phi) is 6.79. The summed E-state index contributed by atoms with van der Waals surface area (Å²) in [5.74, 6) is -0.606. The average molecular weight is 462 g/mol. The van der Waals surface area contributed by atoms with E-state index in [1.165, 1.54) is 16.9 Å². The molecule has 3 rings (SSSR count). The van der Waals surface area contributed by atoms with E-state index in [0.29, 0.717) is 12.2 Å². The zero-order valence-electron chi connectivity index (χ0n) is 17.0. The summed E-state index contributed by atoms with van der Waals surface area (Å²) >= 11 is 6.14. The Morgan fingerprint density at radius 2 is 2.09 bits per heavy atom. The SMILES string of the molecule is CCCCn1c(N)c(N(Cc2ccco2)C(=O)c2ccc([N+](=O)[O-])cc2Cl)c(=O)[nH]c1=O. The summed E-state index contributed by atoms with van der Waals surface area (Å²) in [6, 6.07) is 6.55. The number of hydrogen-bond acceptors (Lipinski definition) is 7. The lowest BCUT2D eigenvalue weighted by Crippen LogP contribution is -2.41. The summed E-state index contributed by atoms with van der Waals surface area (Å²) in [5, 5.41) is 10.8. The van der Waals surface area contributed by atoms with Crippen molar-refractivity contribution < 1.29 is 14.1 Å². The van der Waals surface area contributed by atoms with Gasteiger partial charge in [0, 0.05) is 18.7 Å². The monoisotopic (exact) mass is 461 g/mol. The summed E-state index contributed by atoms with van der Waals surface area (Å²) in [5.41, 5.74) is 3.98. The number of nitrogens with one attached hydrogen (secondary N) is 1. The average Bonchev–Trinajstić information content (AvgIpc) is 3.25. The van der Waals surface area contributed by atoms with Crippen molar-refractivity contribution in [1.82, 2.24) is 9.55 Å². The zero-order chi connectivity index (χ0) is 23.4. The fraction of sp³-hybridized carbons (Fsp3) is 0.250. The molecule has 12 heteroatoms. The molecule has 0 saturated carbocycles. The van der Waals surface area contributed by atoms with E-state index >= 15 is 0 Å². The van der Waals surface area contributed by atoms with Crippen molar-refractivity contribution in [2.45, 2.75) is 32.9 Å². The number of halogens is 1. The number of nitrogen functional groups attached to an aromatic ring is 1. The first-order chi connectivity index (χ1) is 15.2. The van der Waals surface area contributed by atoms with Gasteiger partial charge in [0.2, 0.25) is 0 Å². The van der Waals surface area contributed by atoms with Gasteiger partial charge in [-0.25, -0.2) is 4.79 Å². The Morgan fingerprint density at radius 1 is 1.34 bits per heavy atom. The van der Waals surface area contributed by atoms with Gasteiger partial charge in [-0.05, 0) is 24.6 Å². The molecule has 32 heavy (non-hydrogen) atoms. The minimum absolute atomic E-state index is 0.0890. The van der Waals surface area contributed by atoms with Crippen molar-refractivity contribution in [2.24, 2.45) is 0 Å². The van der Waals surface area contributed by atoms with Gasteiger partial charge in [-0.15, -0.1) is 0 Å². The summed E-state index contributed by atoms with van der Waals surface area (Å²) in [6.07, 6.45) is 2.79. The molecule has 2 heterocycles. The molecular weight excluding hydrogens is 442 g/mol. The lowest BCUT2D eigenvalue weighted by Gasteiger charge is -2.24. The van der Waals surface area contributed by atoms with Gasteiger partial charge in [-0.2, -0.15) is 0 Å². The second-order valence-electron chi connectivity index (χ2n) is 6.89. The molecule has 0 fully saturated rings.